The Kier molecular flexibility index (Phi) is 5.97. The molecule has 2 aliphatic heterocycles. The van der Waals surface area contributed by atoms with Crippen LogP contribution in [-0.2, 0) is 27.3 Å². The van der Waals surface area contributed by atoms with Gasteiger partial charge < -0.3 is 18.9 Å². The van der Waals surface area contributed by atoms with Crippen molar-refractivity contribution in [2.45, 2.75) is 45.3 Å². The van der Waals surface area contributed by atoms with Crippen molar-refractivity contribution in [3.05, 3.63) is 65.4 Å². The molecule has 1 fully saturated rings. The molecule has 0 spiro atoms. The molecule has 1 aromatic heterocycles. The highest BCUT2D eigenvalue weighted by molar-refractivity contribution is 5.88. The van der Waals surface area contributed by atoms with E-state index in [1.807, 2.05) is 4.90 Å². The topological polar surface area (TPSA) is 67.5 Å². The van der Waals surface area contributed by atoms with Crippen LogP contribution in [0.2, 0.25) is 0 Å². The van der Waals surface area contributed by atoms with Gasteiger partial charge in [-0.15, -0.1) is 0 Å². The fourth-order valence-corrected chi connectivity index (χ4v) is 7.14. The molecule has 1 unspecified atom stereocenters. The van der Waals surface area contributed by atoms with Crippen LogP contribution in [0.15, 0.2) is 48.5 Å². The number of hydrogen-bond acceptors (Lipinski definition) is 5. The number of rotatable bonds is 1. The number of aromatic nitrogens is 1. The number of para-hydroxylation sites is 2. The summed E-state index contributed by atoms with van der Waals surface area (Å²) < 4.78 is 14.5. The van der Waals surface area contributed by atoms with Crippen molar-refractivity contribution >= 4 is 16.9 Å². The summed E-state index contributed by atoms with van der Waals surface area (Å²) in [5, 5.41) is 11.3. The lowest BCUT2D eigenvalue weighted by atomic mass is 9.64. The molecule has 186 valence electrons. The van der Waals surface area contributed by atoms with Crippen molar-refractivity contribution in [1.29, 1.82) is 5.26 Å². The number of fused-ring (bicyclic) bond motifs is 6. The SMILES string of the molecule is COC(=O)[C@@H]1[C@H]2CC3OCc4ccccc4-n4c3c(c3ccccc34)CCN(C#N)C[C@@H]2CC[C@@H]1C. The third-order valence-corrected chi connectivity index (χ3v) is 8.86. The Morgan fingerprint density at radius 3 is 2.78 bits per heavy atom. The number of esters is 1. The second kappa shape index (κ2) is 9.29. The van der Waals surface area contributed by atoms with E-state index in [1.54, 1.807) is 0 Å². The zero-order valence-corrected chi connectivity index (χ0v) is 21.0. The van der Waals surface area contributed by atoms with Crippen LogP contribution >= 0.6 is 0 Å². The largest absolute Gasteiger partial charge is 0.469 e. The van der Waals surface area contributed by atoms with Crippen molar-refractivity contribution in [2.75, 3.05) is 20.2 Å². The maximum absolute atomic E-state index is 13.1. The van der Waals surface area contributed by atoms with Crippen LogP contribution in [0.25, 0.3) is 16.6 Å². The van der Waals surface area contributed by atoms with Gasteiger partial charge in [0.25, 0.3) is 0 Å². The Labute approximate surface area is 212 Å². The fraction of sp³-hybridized carbons (Fsp3) is 0.467. The number of nitriles is 1. The number of benzene rings is 2. The summed E-state index contributed by atoms with van der Waals surface area (Å²) in [6.07, 6.45) is 5.83. The molecule has 3 aromatic rings. The Hall–Kier alpha value is -3.30. The minimum absolute atomic E-state index is 0.0840. The van der Waals surface area contributed by atoms with E-state index in [-0.39, 0.29) is 35.7 Å². The molecule has 6 rings (SSSR count). The molecule has 6 nitrogen and oxygen atoms in total. The number of ether oxygens (including phenoxy) is 2. The van der Waals surface area contributed by atoms with E-state index >= 15 is 0 Å². The van der Waals surface area contributed by atoms with Gasteiger partial charge >= 0.3 is 5.97 Å². The summed E-state index contributed by atoms with van der Waals surface area (Å²) >= 11 is 0. The molecule has 3 heterocycles. The van der Waals surface area contributed by atoms with Crippen molar-refractivity contribution in [2.24, 2.45) is 23.7 Å². The number of hydrogen-bond donors (Lipinski definition) is 0. The van der Waals surface area contributed by atoms with Crippen LogP contribution < -0.4 is 0 Å². The van der Waals surface area contributed by atoms with E-state index in [0.717, 1.165) is 31.4 Å². The lowest BCUT2D eigenvalue weighted by molar-refractivity contribution is -0.154. The third-order valence-electron chi connectivity index (χ3n) is 8.86. The quantitative estimate of drug-likeness (QED) is 0.343. The Bertz CT molecular complexity index is 1340. The normalized spacial score (nSPS) is 27.7. The highest BCUT2D eigenvalue weighted by Crippen LogP contribution is 2.48. The van der Waals surface area contributed by atoms with E-state index in [9.17, 15) is 10.1 Å². The molecule has 0 amide bonds. The highest BCUT2D eigenvalue weighted by Gasteiger charge is 2.45. The summed E-state index contributed by atoms with van der Waals surface area (Å²) in [5.74, 6) is 0.254. The van der Waals surface area contributed by atoms with Crippen molar-refractivity contribution in [3.63, 3.8) is 0 Å². The number of nitrogens with zero attached hydrogens (tertiary/aromatic N) is 3. The molecule has 0 bridgehead atoms. The minimum Gasteiger partial charge on any atom is -0.469 e. The predicted molar refractivity (Wildman–Crippen MR) is 137 cm³/mol. The van der Waals surface area contributed by atoms with Gasteiger partial charge in [0.05, 0.1) is 42.6 Å². The summed E-state index contributed by atoms with van der Waals surface area (Å²) in [5.41, 5.74) is 5.93. The standard InChI is InChI=1S/C30H33N3O3/c1-19-11-12-20-16-32(18-31)14-13-23-22-8-4-6-10-26(22)33-25-9-5-3-7-21(25)17-36-27(29(23)33)15-24(20)28(19)30(34)35-2/h3-10,19-20,24,27-28H,11-17H2,1-2H3/t19-,20-,24-,27?,28-/m0/s1. The monoisotopic (exact) mass is 483 g/mol. The van der Waals surface area contributed by atoms with Crippen molar-refractivity contribution in [3.8, 4) is 11.9 Å². The first kappa shape index (κ1) is 23.1. The molecule has 5 atom stereocenters. The van der Waals surface area contributed by atoms with Crippen LogP contribution in [0.1, 0.15) is 49.1 Å². The minimum atomic E-state index is -0.191. The first-order valence-corrected chi connectivity index (χ1v) is 13.1. The van der Waals surface area contributed by atoms with E-state index in [0.29, 0.717) is 19.7 Å². The molecule has 1 saturated carbocycles. The van der Waals surface area contributed by atoms with E-state index in [1.165, 1.54) is 34.8 Å². The zero-order valence-electron chi connectivity index (χ0n) is 21.0. The van der Waals surface area contributed by atoms with E-state index in [4.69, 9.17) is 9.47 Å². The molecular weight excluding hydrogens is 450 g/mol. The van der Waals surface area contributed by atoms with Crippen LogP contribution in [0.4, 0.5) is 0 Å². The predicted octanol–water partition coefficient (Wildman–Crippen LogP) is 5.38. The number of methoxy groups -OCH3 is 1. The average molecular weight is 484 g/mol. The van der Waals surface area contributed by atoms with Gasteiger partial charge in [0.1, 0.15) is 0 Å². The summed E-state index contributed by atoms with van der Waals surface area (Å²) in [6.45, 7) is 4.05. The van der Waals surface area contributed by atoms with Crippen LogP contribution in [0, 0.1) is 35.1 Å². The Morgan fingerprint density at radius 1 is 1.14 bits per heavy atom. The molecule has 36 heavy (non-hydrogen) atoms. The van der Waals surface area contributed by atoms with Gasteiger partial charge in [-0.3, -0.25) is 4.79 Å². The van der Waals surface area contributed by atoms with Gasteiger partial charge in [0.15, 0.2) is 6.19 Å². The first-order chi connectivity index (χ1) is 17.6. The molecule has 6 heteroatoms. The molecule has 1 aliphatic carbocycles. The molecular formula is C30H33N3O3. The summed E-state index contributed by atoms with van der Waals surface area (Å²) in [4.78, 5) is 15.0. The number of carbonyl (C=O) groups is 1. The molecule has 0 saturated heterocycles. The van der Waals surface area contributed by atoms with Gasteiger partial charge in [0.2, 0.25) is 0 Å². The molecule has 0 radical (unpaired) electrons. The summed E-state index contributed by atoms with van der Waals surface area (Å²) in [7, 11) is 1.50. The number of carbonyl (C=O) groups excluding carboxylic acids is 1. The maximum Gasteiger partial charge on any atom is 0.309 e. The summed E-state index contributed by atoms with van der Waals surface area (Å²) in [6, 6.07) is 17.0. The maximum atomic E-state index is 13.1. The van der Waals surface area contributed by atoms with Gasteiger partial charge in [-0.1, -0.05) is 43.3 Å². The van der Waals surface area contributed by atoms with E-state index in [2.05, 4.69) is 66.2 Å². The lowest BCUT2D eigenvalue weighted by Gasteiger charge is -2.43. The second-order valence-electron chi connectivity index (χ2n) is 10.7. The smallest absolute Gasteiger partial charge is 0.309 e. The van der Waals surface area contributed by atoms with Gasteiger partial charge in [-0.2, -0.15) is 5.26 Å². The lowest BCUT2D eigenvalue weighted by Crippen LogP contribution is -2.44. The third kappa shape index (κ3) is 3.69. The Balaban J connectivity index is 1.57. The van der Waals surface area contributed by atoms with Gasteiger partial charge in [-0.25, -0.2) is 0 Å². The second-order valence-corrected chi connectivity index (χ2v) is 10.7. The van der Waals surface area contributed by atoms with Crippen LogP contribution in [-0.4, -0.2) is 35.6 Å². The van der Waals surface area contributed by atoms with Crippen molar-refractivity contribution < 1.29 is 14.3 Å². The zero-order chi connectivity index (χ0) is 24.8. The Morgan fingerprint density at radius 2 is 1.94 bits per heavy atom. The van der Waals surface area contributed by atoms with Crippen LogP contribution in [0.3, 0.4) is 0 Å². The fourth-order valence-electron chi connectivity index (χ4n) is 7.14. The first-order valence-electron chi connectivity index (χ1n) is 13.1. The average Bonchev–Trinajstić information content (AvgIpc) is 3.14. The molecule has 0 N–H and O–H groups in total. The van der Waals surface area contributed by atoms with Crippen molar-refractivity contribution in [1.82, 2.24) is 9.47 Å². The van der Waals surface area contributed by atoms with E-state index < -0.39 is 0 Å². The molecule has 3 aliphatic rings. The molecule has 2 aromatic carbocycles. The highest BCUT2D eigenvalue weighted by atomic mass is 16.5. The van der Waals surface area contributed by atoms with Gasteiger partial charge in [0, 0.05) is 24.0 Å². The van der Waals surface area contributed by atoms with Gasteiger partial charge in [-0.05, 0) is 61.1 Å². The van der Waals surface area contributed by atoms with Crippen LogP contribution in [0.5, 0.6) is 0 Å².